The number of hydrogen-bond acceptors (Lipinski definition) is 5. The van der Waals surface area contributed by atoms with Crippen molar-refractivity contribution < 1.29 is 9.47 Å². The van der Waals surface area contributed by atoms with Gasteiger partial charge in [0.25, 0.3) is 0 Å². The molecule has 7 heteroatoms. The maximum absolute atomic E-state index is 5.43. The van der Waals surface area contributed by atoms with Gasteiger partial charge in [0.05, 0.1) is 19.7 Å². The van der Waals surface area contributed by atoms with Gasteiger partial charge < -0.3 is 25.0 Å². The summed E-state index contributed by atoms with van der Waals surface area (Å²) in [5.74, 6) is 2.47. The number of guanidine groups is 1. The molecule has 2 aromatic carbocycles. The minimum atomic E-state index is 0.319. The van der Waals surface area contributed by atoms with Gasteiger partial charge in [0.2, 0.25) is 0 Å². The molecule has 2 heterocycles. The van der Waals surface area contributed by atoms with Gasteiger partial charge in [-0.05, 0) is 31.4 Å². The molecular weight excluding hydrogens is 414 g/mol. The van der Waals surface area contributed by atoms with Crippen molar-refractivity contribution in [1.82, 2.24) is 15.6 Å². The summed E-state index contributed by atoms with van der Waals surface area (Å²) in [5.41, 5.74) is 3.40. The fourth-order valence-electron chi connectivity index (χ4n) is 4.26. The summed E-state index contributed by atoms with van der Waals surface area (Å²) in [6.45, 7) is 5.48. The molecule has 0 bridgehead atoms. The SMILES string of the molecule is CCNC(=NCCc1cccc2cccnc12)NC1CCN(c2cc(OC)cc(OC)c2)C1. The zero-order chi connectivity index (χ0) is 23.0. The molecule has 2 N–H and O–H groups in total. The molecule has 174 valence electrons. The zero-order valence-corrected chi connectivity index (χ0v) is 19.7. The van der Waals surface area contributed by atoms with Crippen LogP contribution in [0, 0.1) is 0 Å². The van der Waals surface area contributed by atoms with E-state index in [1.807, 2.05) is 18.3 Å². The lowest BCUT2D eigenvalue weighted by atomic mass is 10.1. The Morgan fingerprint density at radius 1 is 1.12 bits per heavy atom. The third-order valence-corrected chi connectivity index (χ3v) is 5.94. The minimum absolute atomic E-state index is 0.319. The van der Waals surface area contributed by atoms with E-state index in [4.69, 9.17) is 14.5 Å². The van der Waals surface area contributed by atoms with Crippen molar-refractivity contribution in [3.63, 3.8) is 0 Å². The number of benzene rings is 2. The van der Waals surface area contributed by atoms with E-state index < -0.39 is 0 Å². The molecule has 0 radical (unpaired) electrons. The van der Waals surface area contributed by atoms with Crippen molar-refractivity contribution in [3.05, 3.63) is 60.3 Å². The smallest absolute Gasteiger partial charge is 0.191 e. The first-order chi connectivity index (χ1) is 16.2. The van der Waals surface area contributed by atoms with Crippen LogP contribution in [0.5, 0.6) is 11.5 Å². The number of fused-ring (bicyclic) bond motifs is 1. The molecular formula is C26H33N5O2. The number of methoxy groups -OCH3 is 2. The molecule has 1 aliphatic rings. The fraction of sp³-hybridized carbons (Fsp3) is 0.385. The number of aromatic nitrogens is 1. The Kier molecular flexibility index (Phi) is 7.50. The molecule has 7 nitrogen and oxygen atoms in total. The first kappa shape index (κ1) is 22.7. The van der Waals surface area contributed by atoms with E-state index >= 15 is 0 Å². The lowest BCUT2D eigenvalue weighted by Gasteiger charge is -2.21. The third kappa shape index (κ3) is 5.66. The van der Waals surface area contributed by atoms with E-state index in [-0.39, 0.29) is 0 Å². The number of nitrogens with one attached hydrogen (secondary N) is 2. The zero-order valence-electron chi connectivity index (χ0n) is 19.7. The first-order valence-corrected chi connectivity index (χ1v) is 11.6. The van der Waals surface area contributed by atoms with E-state index in [0.29, 0.717) is 12.6 Å². The van der Waals surface area contributed by atoms with Gasteiger partial charge in [-0.15, -0.1) is 0 Å². The average Bonchev–Trinajstić information content (AvgIpc) is 3.32. The Hall–Kier alpha value is -3.48. The van der Waals surface area contributed by atoms with Crippen LogP contribution in [0.25, 0.3) is 10.9 Å². The summed E-state index contributed by atoms with van der Waals surface area (Å²) in [7, 11) is 3.36. The predicted octanol–water partition coefficient (Wildman–Crippen LogP) is 3.63. The largest absolute Gasteiger partial charge is 0.497 e. The Balaban J connectivity index is 1.38. The number of rotatable bonds is 8. The Morgan fingerprint density at radius 3 is 2.67 bits per heavy atom. The minimum Gasteiger partial charge on any atom is -0.497 e. The summed E-state index contributed by atoms with van der Waals surface area (Å²) in [4.78, 5) is 11.8. The van der Waals surface area contributed by atoms with Crippen LogP contribution in [0.3, 0.4) is 0 Å². The standard InChI is InChI=1S/C26H33N5O2/c1-4-27-26(29-13-10-20-8-5-7-19-9-6-12-28-25(19)20)30-21-11-14-31(18-21)22-15-23(32-2)17-24(16-22)33-3/h5-9,12,15-17,21H,4,10-11,13-14,18H2,1-3H3,(H2,27,29,30). The number of anilines is 1. The highest BCUT2D eigenvalue weighted by Gasteiger charge is 2.24. The molecule has 1 aliphatic heterocycles. The summed E-state index contributed by atoms with van der Waals surface area (Å²) in [6, 6.07) is 16.7. The molecule has 0 saturated carbocycles. The highest BCUT2D eigenvalue weighted by molar-refractivity contribution is 5.82. The third-order valence-electron chi connectivity index (χ3n) is 5.94. The Bertz CT molecular complexity index is 1070. The quantitative estimate of drug-likeness (QED) is 0.406. The van der Waals surface area contributed by atoms with Crippen LogP contribution < -0.4 is 25.0 Å². The van der Waals surface area contributed by atoms with E-state index in [9.17, 15) is 0 Å². The van der Waals surface area contributed by atoms with Crippen LogP contribution in [0.1, 0.15) is 18.9 Å². The molecule has 1 aromatic heterocycles. The van der Waals surface area contributed by atoms with Gasteiger partial charge in [-0.2, -0.15) is 0 Å². The number of para-hydroxylation sites is 1. The summed E-state index contributed by atoms with van der Waals surface area (Å²) in [5, 5.41) is 8.18. The molecule has 33 heavy (non-hydrogen) atoms. The van der Waals surface area contributed by atoms with Crippen LogP contribution in [0.15, 0.2) is 59.7 Å². The first-order valence-electron chi connectivity index (χ1n) is 11.6. The highest BCUT2D eigenvalue weighted by atomic mass is 16.5. The van der Waals surface area contributed by atoms with Crippen LogP contribution in [0.4, 0.5) is 5.69 Å². The van der Waals surface area contributed by atoms with E-state index in [1.54, 1.807) is 14.2 Å². The average molecular weight is 448 g/mol. The van der Waals surface area contributed by atoms with E-state index in [2.05, 4.69) is 63.8 Å². The molecule has 1 atom stereocenters. The molecule has 1 saturated heterocycles. The van der Waals surface area contributed by atoms with E-state index in [1.165, 1.54) is 10.9 Å². The van der Waals surface area contributed by atoms with Crippen molar-refractivity contribution in [1.29, 1.82) is 0 Å². The van der Waals surface area contributed by atoms with Gasteiger partial charge in [0.15, 0.2) is 5.96 Å². The lowest BCUT2D eigenvalue weighted by Crippen LogP contribution is -2.44. The van der Waals surface area contributed by atoms with Gasteiger partial charge in [-0.3, -0.25) is 9.98 Å². The Labute approximate surface area is 195 Å². The van der Waals surface area contributed by atoms with Gasteiger partial charge in [0, 0.05) is 67.7 Å². The van der Waals surface area contributed by atoms with Crippen LogP contribution >= 0.6 is 0 Å². The van der Waals surface area contributed by atoms with Gasteiger partial charge >= 0.3 is 0 Å². The maximum Gasteiger partial charge on any atom is 0.191 e. The molecule has 3 aromatic rings. The maximum atomic E-state index is 5.43. The monoisotopic (exact) mass is 447 g/mol. The van der Waals surface area contributed by atoms with E-state index in [0.717, 1.165) is 61.1 Å². The summed E-state index contributed by atoms with van der Waals surface area (Å²) in [6.07, 6.45) is 3.74. The fourth-order valence-corrected chi connectivity index (χ4v) is 4.26. The number of nitrogens with zero attached hydrogens (tertiary/aromatic N) is 3. The van der Waals surface area contributed by atoms with Gasteiger partial charge in [-0.25, -0.2) is 0 Å². The number of hydrogen-bond donors (Lipinski definition) is 2. The molecule has 0 amide bonds. The van der Waals surface area contributed by atoms with Crippen molar-refractivity contribution >= 4 is 22.5 Å². The molecule has 1 unspecified atom stereocenters. The van der Waals surface area contributed by atoms with Crippen LogP contribution in [-0.2, 0) is 6.42 Å². The Morgan fingerprint density at radius 2 is 1.91 bits per heavy atom. The normalized spacial score (nSPS) is 16.2. The topological polar surface area (TPSA) is 71.0 Å². The molecule has 0 spiro atoms. The second kappa shape index (κ2) is 10.9. The second-order valence-corrected chi connectivity index (χ2v) is 8.15. The van der Waals surface area contributed by atoms with Crippen LogP contribution in [0.2, 0.25) is 0 Å². The van der Waals surface area contributed by atoms with Crippen LogP contribution in [-0.4, -0.2) is 57.4 Å². The molecule has 0 aliphatic carbocycles. The number of aliphatic imine (C=N–C) groups is 1. The van der Waals surface area contributed by atoms with Crippen molar-refractivity contribution in [2.45, 2.75) is 25.8 Å². The van der Waals surface area contributed by atoms with Gasteiger partial charge in [0.1, 0.15) is 11.5 Å². The lowest BCUT2D eigenvalue weighted by molar-refractivity contribution is 0.394. The number of pyridine rings is 1. The second-order valence-electron chi connectivity index (χ2n) is 8.15. The van der Waals surface area contributed by atoms with Crippen molar-refractivity contribution in [3.8, 4) is 11.5 Å². The predicted molar refractivity (Wildman–Crippen MR) is 135 cm³/mol. The van der Waals surface area contributed by atoms with Crippen molar-refractivity contribution in [2.75, 3.05) is 45.3 Å². The summed E-state index contributed by atoms with van der Waals surface area (Å²) >= 11 is 0. The van der Waals surface area contributed by atoms with Crippen molar-refractivity contribution in [2.24, 2.45) is 4.99 Å². The number of ether oxygens (including phenoxy) is 2. The summed E-state index contributed by atoms with van der Waals surface area (Å²) < 4.78 is 10.9. The molecule has 1 fully saturated rings. The highest BCUT2D eigenvalue weighted by Crippen LogP contribution is 2.30. The van der Waals surface area contributed by atoms with Gasteiger partial charge in [-0.1, -0.05) is 24.3 Å². The molecule has 4 rings (SSSR count).